The summed E-state index contributed by atoms with van der Waals surface area (Å²) in [7, 11) is 0. The lowest BCUT2D eigenvalue weighted by Crippen LogP contribution is -2.54. The van der Waals surface area contributed by atoms with Gasteiger partial charge in [0.1, 0.15) is 0 Å². The summed E-state index contributed by atoms with van der Waals surface area (Å²) in [6, 6.07) is 8.63. The minimum Gasteiger partial charge on any atom is -0.462 e. The van der Waals surface area contributed by atoms with Crippen molar-refractivity contribution in [3.8, 4) is 0 Å². The summed E-state index contributed by atoms with van der Waals surface area (Å²) in [5.41, 5.74) is 1.77. The fourth-order valence-corrected chi connectivity index (χ4v) is 2.56. The number of ether oxygens (including phenoxy) is 1. The summed E-state index contributed by atoms with van der Waals surface area (Å²) < 4.78 is 4.98. The Balaban J connectivity index is 2.07. The molecular formula is C15H22N2O2. The Labute approximate surface area is 114 Å². The number of hydrogen-bond donors (Lipinski definition) is 1. The second-order valence-electron chi connectivity index (χ2n) is 5.14. The summed E-state index contributed by atoms with van der Waals surface area (Å²) in [4.78, 5) is 13.9. The Bertz CT molecular complexity index is 420. The van der Waals surface area contributed by atoms with Crippen molar-refractivity contribution in [1.29, 1.82) is 0 Å². The summed E-state index contributed by atoms with van der Waals surface area (Å²) in [6.07, 6.45) is 0. The van der Waals surface area contributed by atoms with Crippen LogP contribution < -0.4 is 10.2 Å². The molecule has 2 unspecified atom stereocenters. The molecule has 19 heavy (non-hydrogen) atoms. The number of nitrogens with zero attached hydrogens (tertiary/aromatic N) is 1. The number of benzene rings is 1. The molecule has 0 spiro atoms. The average molecular weight is 262 g/mol. The number of hydrogen-bond acceptors (Lipinski definition) is 4. The van der Waals surface area contributed by atoms with Crippen molar-refractivity contribution in [2.24, 2.45) is 0 Å². The van der Waals surface area contributed by atoms with Crippen LogP contribution in [0.25, 0.3) is 0 Å². The number of carbonyl (C=O) groups excluding carboxylic acids is 1. The molecule has 1 fully saturated rings. The molecule has 2 rings (SSSR count). The van der Waals surface area contributed by atoms with Crippen LogP contribution in [0.3, 0.4) is 0 Å². The molecule has 1 heterocycles. The molecule has 0 amide bonds. The number of piperazine rings is 1. The van der Waals surface area contributed by atoms with Crippen molar-refractivity contribution < 1.29 is 9.53 Å². The van der Waals surface area contributed by atoms with Crippen molar-refractivity contribution in [3.05, 3.63) is 29.8 Å². The van der Waals surface area contributed by atoms with Crippen LogP contribution in [0.4, 0.5) is 5.69 Å². The van der Waals surface area contributed by atoms with Gasteiger partial charge < -0.3 is 15.0 Å². The molecule has 1 aromatic carbocycles. The molecule has 1 N–H and O–H groups in total. The first-order chi connectivity index (χ1) is 9.10. The highest BCUT2D eigenvalue weighted by molar-refractivity contribution is 5.89. The van der Waals surface area contributed by atoms with E-state index in [1.807, 2.05) is 31.2 Å². The molecule has 0 aromatic heterocycles. The summed E-state index contributed by atoms with van der Waals surface area (Å²) in [6.45, 7) is 8.58. The van der Waals surface area contributed by atoms with Crippen molar-refractivity contribution >= 4 is 11.7 Å². The van der Waals surface area contributed by atoms with E-state index in [-0.39, 0.29) is 5.97 Å². The maximum atomic E-state index is 11.6. The zero-order valence-corrected chi connectivity index (χ0v) is 11.8. The van der Waals surface area contributed by atoms with E-state index < -0.39 is 0 Å². The minimum atomic E-state index is -0.254. The second kappa shape index (κ2) is 6.06. The fraction of sp³-hybridized carbons (Fsp3) is 0.533. The van der Waals surface area contributed by atoms with Gasteiger partial charge in [0.05, 0.1) is 12.2 Å². The molecule has 2 atom stereocenters. The van der Waals surface area contributed by atoms with Gasteiger partial charge in [0.2, 0.25) is 0 Å². The van der Waals surface area contributed by atoms with Crippen LogP contribution in [-0.4, -0.2) is 37.7 Å². The van der Waals surface area contributed by atoms with E-state index in [0.29, 0.717) is 24.3 Å². The van der Waals surface area contributed by atoms with E-state index in [4.69, 9.17) is 4.74 Å². The number of anilines is 1. The van der Waals surface area contributed by atoms with E-state index in [1.54, 1.807) is 0 Å². The Morgan fingerprint density at radius 2 is 1.84 bits per heavy atom. The van der Waals surface area contributed by atoms with Crippen LogP contribution >= 0.6 is 0 Å². The van der Waals surface area contributed by atoms with Gasteiger partial charge in [0, 0.05) is 30.9 Å². The Kier molecular flexibility index (Phi) is 4.43. The van der Waals surface area contributed by atoms with Gasteiger partial charge in [-0.05, 0) is 45.0 Å². The number of rotatable bonds is 3. The maximum absolute atomic E-state index is 11.6. The van der Waals surface area contributed by atoms with E-state index in [1.165, 1.54) is 0 Å². The quantitative estimate of drug-likeness (QED) is 0.847. The number of nitrogens with one attached hydrogen (secondary N) is 1. The number of carbonyl (C=O) groups is 1. The van der Waals surface area contributed by atoms with Gasteiger partial charge in [-0.3, -0.25) is 0 Å². The molecule has 104 valence electrons. The third-order valence-corrected chi connectivity index (χ3v) is 3.30. The Hall–Kier alpha value is -1.55. The van der Waals surface area contributed by atoms with Gasteiger partial charge in [0.25, 0.3) is 0 Å². The fourth-order valence-electron chi connectivity index (χ4n) is 2.56. The van der Waals surface area contributed by atoms with E-state index in [9.17, 15) is 4.79 Å². The van der Waals surface area contributed by atoms with Crippen molar-refractivity contribution in [1.82, 2.24) is 5.32 Å². The molecule has 4 heteroatoms. The first-order valence-electron chi connectivity index (χ1n) is 6.88. The molecule has 1 saturated heterocycles. The lowest BCUT2D eigenvalue weighted by atomic mass is 10.1. The number of esters is 1. The minimum absolute atomic E-state index is 0.254. The molecule has 0 aliphatic carbocycles. The van der Waals surface area contributed by atoms with Crippen molar-refractivity contribution in [2.45, 2.75) is 32.9 Å². The average Bonchev–Trinajstić information content (AvgIpc) is 2.38. The predicted octanol–water partition coefficient (Wildman–Crippen LogP) is 2.05. The maximum Gasteiger partial charge on any atom is 0.338 e. The smallest absolute Gasteiger partial charge is 0.338 e. The standard InChI is InChI=1S/C15H22N2O2/c1-4-19-15(18)13-5-7-14(8-6-13)17-9-11(2)16-12(3)10-17/h5-8,11-12,16H,4,9-10H2,1-3H3. The SMILES string of the molecule is CCOC(=O)c1ccc(N2CC(C)NC(C)C2)cc1. The van der Waals surface area contributed by atoms with Crippen molar-refractivity contribution in [2.75, 3.05) is 24.6 Å². The molecule has 0 bridgehead atoms. The molecule has 0 saturated carbocycles. The summed E-state index contributed by atoms with van der Waals surface area (Å²) >= 11 is 0. The predicted molar refractivity (Wildman–Crippen MR) is 76.7 cm³/mol. The zero-order valence-electron chi connectivity index (χ0n) is 11.8. The third kappa shape index (κ3) is 3.47. The van der Waals surface area contributed by atoms with Gasteiger partial charge in [-0.2, -0.15) is 0 Å². The molecule has 4 nitrogen and oxygen atoms in total. The van der Waals surface area contributed by atoms with E-state index in [0.717, 1.165) is 18.8 Å². The van der Waals surface area contributed by atoms with Crippen LogP contribution in [0.2, 0.25) is 0 Å². The van der Waals surface area contributed by atoms with Crippen LogP contribution in [0.1, 0.15) is 31.1 Å². The highest BCUT2D eigenvalue weighted by Crippen LogP contribution is 2.18. The Morgan fingerprint density at radius 3 is 2.37 bits per heavy atom. The molecule has 0 radical (unpaired) electrons. The van der Waals surface area contributed by atoms with E-state index >= 15 is 0 Å². The Morgan fingerprint density at radius 1 is 1.26 bits per heavy atom. The lowest BCUT2D eigenvalue weighted by Gasteiger charge is -2.37. The first-order valence-corrected chi connectivity index (χ1v) is 6.88. The topological polar surface area (TPSA) is 41.6 Å². The zero-order chi connectivity index (χ0) is 13.8. The summed E-state index contributed by atoms with van der Waals surface area (Å²) in [5.74, 6) is -0.254. The molecule has 1 aliphatic heterocycles. The first kappa shape index (κ1) is 13.9. The van der Waals surface area contributed by atoms with Gasteiger partial charge in [-0.15, -0.1) is 0 Å². The van der Waals surface area contributed by atoms with Gasteiger partial charge in [-0.25, -0.2) is 4.79 Å². The van der Waals surface area contributed by atoms with Crippen LogP contribution in [0.15, 0.2) is 24.3 Å². The van der Waals surface area contributed by atoms with Gasteiger partial charge >= 0.3 is 5.97 Å². The highest BCUT2D eigenvalue weighted by atomic mass is 16.5. The molecule has 1 aliphatic rings. The van der Waals surface area contributed by atoms with Gasteiger partial charge in [-0.1, -0.05) is 0 Å². The second-order valence-corrected chi connectivity index (χ2v) is 5.14. The van der Waals surface area contributed by atoms with Crippen LogP contribution in [0, 0.1) is 0 Å². The summed E-state index contributed by atoms with van der Waals surface area (Å²) in [5, 5.41) is 3.51. The lowest BCUT2D eigenvalue weighted by molar-refractivity contribution is 0.0526. The third-order valence-electron chi connectivity index (χ3n) is 3.30. The van der Waals surface area contributed by atoms with Crippen molar-refractivity contribution in [3.63, 3.8) is 0 Å². The van der Waals surface area contributed by atoms with Crippen LogP contribution in [-0.2, 0) is 4.74 Å². The van der Waals surface area contributed by atoms with Crippen LogP contribution in [0.5, 0.6) is 0 Å². The monoisotopic (exact) mass is 262 g/mol. The molecular weight excluding hydrogens is 240 g/mol. The van der Waals surface area contributed by atoms with E-state index in [2.05, 4.69) is 24.1 Å². The highest BCUT2D eigenvalue weighted by Gasteiger charge is 2.21. The molecule has 1 aromatic rings. The normalized spacial score (nSPS) is 23.2. The largest absolute Gasteiger partial charge is 0.462 e. The van der Waals surface area contributed by atoms with Gasteiger partial charge in [0.15, 0.2) is 0 Å².